The summed E-state index contributed by atoms with van der Waals surface area (Å²) >= 11 is 5.38. The van der Waals surface area contributed by atoms with Gasteiger partial charge in [-0.15, -0.1) is 6.58 Å². The molecular formula is C17H22N6O5S2. The molecule has 0 radical (unpaired) electrons. The average molecular weight is 455 g/mol. The van der Waals surface area contributed by atoms with Gasteiger partial charge in [-0.05, 0) is 24.4 Å². The number of nitro groups is 1. The van der Waals surface area contributed by atoms with Crippen LogP contribution in [0.3, 0.4) is 0 Å². The number of piperazine rings is 1. The number of nitro benzene ring substituents is 1. The van der Waals surface area contributed by atoms with Crippen molar-refractivity contribution in [1.29, 1.82) is 0 Å². The summed E-state index contributed by atoms with van der Waals surface area (Å²) in [6.45, 7) is 6.16. The molecule has 0 saturated carbocycles. The Hall–Kier alpha value is -2.61. The Kier molecular flexibility index (Phi) is 6.65. The lowest BCUT2D eigenvalue weighted by atomic mass is 10.3. The third-order valence-electron chi connectivity index (χ3n) is 4.77. The summed E-state index contributed by atoms with van der Waals surface area (Å²) in [5, 5.41) is 15.5. The lowest BCUT2D eigenvalue weighted by molar-refractivity contribution is -0.386. The lowest BCUT2D eigenvalue weighted by Gasteiger charge is -2.33. The van der Waals surface area contributed by atoms with Crippen LogP contribution in [0.25, 0.3) is 0 Å². The van der Waals surface area contributed by atoms with Crippen LogP contribution < -0.4 is 4.74 Å². The second kappa shape index (κ2) is 9.04. The maximum absolute atomic E-state index is 13.0. The van der Waals surface area contributed by atoms with Crippen molar-refractivity contribution in [2.75, 3.05) is 33.3 Å². The number of allylic oxidation sites excluding steroid dienone is 1. The molecule has 1 aliphatic heterocycles. The maximum atomic E-state index is 13.0. The van der Waals surface area contributed by atoms with E-state index in [1.165, 1.54) is 23.5 Å². The Balaban J connectivity index is 1.70. The fourth-order valence-corrected chi connectivity index (χ4v) is 4.83. The molecule has 1 aromatic heterocycles. The van der Waals surface area contributed by atoms with E-state index in [4.69, 9.17) is 17.0 Å². The highest BCUT2D eigenvalue weighted by molar-refractivity contribution is 7.89. The largest absolute Gasteiger partial charge is 0.490 e. The minimum absolute atomic E-state index is 0.0106. The third-order valence-corrected chi connectivity index (χ3v) is 7.11. The Labute approximate surface area is 179 Å². The summed E-state index contributed by atoms with van der Waals surface area (Å²) in [7, 11) is -2.57. The topological polar surface area (TPSA) is 116 Å². The van der Waals surface area contributed by atoms with Gasteiger partial charge in [0.25, 0.3) is 0 Å². The first-order valence-corrected chi connectivity index (χ1v) is 10.9. The molecule has 11 nitrogen and oxygen atoms in total. The van der Waals surface area contributed by atoms with Crippen molar-refractivity contribution >= 4 is 27.9 Å². The van der Waals surface area contributed by atoms with Crippen molar-refractivity contribution < 1.29 is 18.1 Å². The number of methoxy groups -OCH3 is 1. The van der Waals surface area contributed by atoms with Gasteiger partial charge in [-0.3, -0.25) is 15.0 Å². The second-order valence-electron chi connectivity index (χ2n) is 6.61. The van der Waals surface area contributed by atoms with Gasteiger partial charge in [-0.1, -0.05) is 6.08 Å². The van der Waals surface area contributed by atoms with E-state index in [1.54, 1.807) is 21.7 Å². The highest BCUT2D eigenvalue weighted by atomic mass is 32.2. The highest BCUT2D eigenvalue weighted by Crippen LogP contribution is 2.30. The molecule has 2 aromatic rings. The Morgan fingerprint density at radius 3 is 2.63 bits per heavy atom. The Morgan fingerprint density at radius 1 is 1.33 bits per heavy atom. The Bertz CT molecular complexity index is 1100. The quantitative estimate of drug-likeness (QED) is 0.255. The van der Waals surface area contributed by atoms with Crippen LogP contribution in [0, 0.1) is 14.9 Å². The molecule has 3 rings (SSSR count). The Morgan fingerprint density at radius 2 is 2.03 bits per heavy atom. The van der Waals surface area contributed by atoms with Gasteiger partial charge in [0, 0.05) is 38.8 Å². The van der Waals surface area contributed by atoms with Crippen molar-refractivity contribution in [3.63, 3.8) is 0 Å². The smallest absolute Gasteiger partial charge is 0.312 e. The standard InChI is InChI=1S/C17H22N6O5S2/c1-3-6-20-12-18-22(17(20)29)13-19-7-9-21(10-8-19)30(26,27)14-4-5-16(28-2)15(11-14)23(24)25/h3-5,11-12H,1,6-10,13H2,2H3. The van der Waals surface area contributed by atoms with Gasteiger partial charge in [0.05, 0.1) is 23.6 Å². The number of nitrogens with zero attached hydrogens (tertiary/aromatic N) is 6. The van der Waals surface area contributed by atoms with E-state index >= 15 is 0 Å². The third kappa shape index (κ3) is 4.43. The summed E-state index contributed by atoms with van der Waals surface area (Å²) in [4.78, 5) is 12.5. The number of hydrogen-bond donors (Lipinski definition) is 0. The summed E-state index contributed by atoms with van der Waals surface area (Å²) in [5.74, 6) is 0.0106. The number of benzene rings is 1. The fraction of sp³-hybridized carbons (Fsp3) is 0.412. The molecular weight excluding hydrogens is 432 g/mol. The summed E-state index contributed by atoms with van der Waals surface area (Å²) in [5.41, 5.74) is -0.387. The summed E-state index contributed by atoms with van der Waals surface area (Å²) in [6, 6.07) is 3.65. The molecule has 1 saturated heterocycles. The van der Waals surface area contributed by atoms with Crippen LogP contribution in [0.4, 0.5) is 5.69 Å². The van der Waals surface area contributed by atoms with Gasteiger partial charge in [0.15, 0.2) is 10.5 Å². The summed E-state index contributed by atoms with van der Waals surface area (Å²) in [6.07, 6.45) is 3.37. The molecule has 0 N–H and O–H groups in total. The lowest BCUT2D eigenvalue weighted by Crippen LogP contribution is -2.48. The number of aromatic nitrogens is 3. The maximum Gasteiger partial charge on any atom is 0.312 e. The number of sulfonamides is 1. The van der Waals surface area contributed by atoms with E-state index in [0.29, 0.717) is 31.1 Å². The van der Waals surface area contributed by atoms with Crippen molar-refractivity contribution in [2.45, 2.75) is 18.1 Å². The van der Waals surface area contributed by atoms with Crippen LogP contribution >= 0.6 is 12.2 Å². The van der Waals surface area contributed by atoms with Crippen molar-refractivity contribution in [2.24, 2.45) is 0 Å². The molecule has 0 unspecified atom stereocenters. The van der Waals surface area contributed by atoms with Crippen LogP contribution in [-0.2, 0) is 23.2 Å². The van der Waals surface area contributed by atoms with Crippen LogP contribution in [0.15, 0.2) is 42.1 Å². The molecule has 30 heavy (non-hydrogen) atoms. The SMILES string of the molecule is C=CCn1cnn(CN2CCN(S(=O)(=O)c3ccc(OC)c([N+](=O)[O-])c3)CC2)c1=S. The zero-order valence-corrected chi connectivity index (χ0v) is 18.0. The zero-order valence-electron chi connectivity index (χ0n) is 16.4. The number of rotatable bonds is 8. The van der Waals surface area contributed by atoms with Crippen LogP contribution in [0.1, 0.15) is 0 Å². The highest BCUT2D eigenvalue weighted by Gasteiger charge is 2.30. The van der Waals surface area contributed by atoms with Crippen LogP contribution in [0.5, 0.6) is 5.75 Å². The van der Waals surface area contributed by atoms with E-state index in [9.17, 15) is 18.5 Å². The van der Waals surface area contributed by atoms with Gasteiger partial charge < -0.3 is 9.30 Å². The van der Waals surface area contributed by atoms with Crippen molar-refractivity contribution in [1.82, 2.24) is 23.6 Å². The molecule has 0 spiro atoms. The van der Waals surface area contributed by atoms with Crippen molar-refractivity contribution in [3.05, 3.63) is 52.1 Å². The molecule has 162 valence electrons. The minimum atomic E-state index is -3.86. The molecule has 0 atom stereocenters. The molecule has 2 heterocycles. The van der Waals surface area contributed by atoms with Gasteiger partial charge in [0.1, 0.15) is 6.33 Å². The zero-order chi connectivity index (χ0) is 21.9. The molecule has 1 aliphatic rings. The van der Waals surface area contributed by atoms with Gasteiger partial charge in [-0.2, -0.15) is 9.40 Å². The summed E-state index contributed by atoms with van der Waals surface area (Å²) < 4.78 is 36.2. The monoisotopic (exact) mass is 454 g/mol. The van der Waals surface area contributed by atoms with E-state index in [1.807, 2.05) is 4.90 Å². The fourth-order valence-electron chi connectivity index (χ4n) is 3.16. The number of ether oxygens (including phenoxy) is 1. The molecule has 13 heteroatoms. The van der Waals surface area contributed by atoms with E-state index < -0.39 is 14.9 Å². The first-order chi connectivity index (χ1) is 14.3. The molecule has 0 aliphatic carbocycles. The van der Waals surface area contributed by atoms with E-state index in [0.717, 1.165) is 6.07 Å². The van der Waals surface area contributed by atoms with Crippen LogP contribution in [-0.4, -0.2) is 70.2 Å². The van der Waals surface area contributed by atoms with E-state index in [2.05, 4.69) is 11.7 Å². The van der Waals surface area contributed by atoms with Crippen molar-refractivity contribution in [3.8, 4) is 5.75 Å². The molecule has 0 amide bonds. The first-order valence-electron chi connectivity index (χ1n) is 9.06. The molecule has 1 fully saturated rings. The predicted molar refractivity (Wildman–Crippen MR) is 111 cm³/mol. The predicted octanol–water partition coefficient (Wildman–Crippen LogP) is 1.48. The second-order valence-corrected chi connectivity index (χ2v) is 8.91. The van der Waals surface area contributed by atoms with Gasteiger partial charge in [0.2, 0.25) is 10.0 Å². The molecule has 0 bridgehead atoms. The van der Waals surface area contributed by atoms with Crippen LogP contribution in [0.2, 0.25) is 0 Å². The van der Waals surface area contributed by atoms with E-state index in [-0.39, 0.29) is 29.4 Å². The molecule has 1 aromatic carbocycles. The van der Waals surface area contributed by atoms with Gasteiger partial charge >= 0.3 is 5.69 Å². The minimum Gasteiger partial charge on any atom is -0.490 e. The normalized spacial score (nSPS) is 15.8. The first kappa shape index (κ1) is 22.1. The average Bonchev–Trinajstić information content (AvgIpc) is 3.07. The number of hydrogen-bond acceptors (Lipinski definition) is 8. The van der Waals surface area contributed by atoms with Gasteiger partial charge in [-0.25, -0.2) is 13.1 Å².